The summed E-state index contributed by atoms with van der Waals surface area (Å²) in [7, 11) is 0. The normalized spacial score (nSPS) is 19.2. The molecule has 1 fully saturated rings. The van der Waals surface area contributed by atoms with Crippen LogP contribution in [0.5, 0.6) is 0 Å². The van der Waals surface area contributed by atoms with Crippen molar-refractivity contribution >= 4 is 6.09 Å². The lowest BCUT2D eigenvalue weighted by molar-refractivity contribution is 0.0573. The average molecular weight is 187 g/mol. The predicted molar refractivity (Wildman–Crippen MR) is 49.0 cm³/mol. The van der Waals surface area contributed by atoms with Gasteiger partial charge < -0.3 is 9.64 Å². The van der Waals surface area contributed by atoms with Crippen LogP contribution in [0, 0.1) is 0 Å². The van der Waals surface area contributed by atoms with Crippen LogP contribution in [0.1, 0.15) is 13.8 Å². The van der Waals surface area contributed by atoms with E-state index in [1.807, 2.05) is 13.8 Å². The summed E-state index contributed by atoms with van der Waals surface area (Å²) in [6, 6.07) is 0. The molecule has 1 amide bonds. The lowest BCUT2D eigenvalue weighted by Crippen LogP contribution is -2.51. The van der Waals surface area contributed by atoms with E-state index in [2.05, 4.69) is 0 Å². The van der Waals surface area contributed by atoms with Gasteiger partial charge in [0.2, 0.25) is 0 Å². The predicted octanol–water partition coefficient (Wildman–Crippen LogP) is 0.0227. The number of hydrogen-bond donors (Lipinski definition) is 1. The molecule has 0 aromatic rings. The summed E-state index contributed by atoms with van der Waals surface area (Å²) in [5.41, 5.74) is 0. The molecule has 5 nitrogen and oxygen atoms in total. The molecule has 1 aliphatic rings. The number of nitrogens with two attached hydrogens (primary N) is 1. The summed E-state index contributed by atoms with van der Waals surface area (Å²) in [6.45, 7) is 6.43. The van der Waals surface area contributed by atoms with Gasteiger partial charge in [0, 0.05) is 26.2 Å². The van der Waals surface area contributed by atoms with E-state index >= 15 is 0 Å². The average Bonchev–Trinajstić information content (AvgIpc) is 2.04. The Hall–Kier alpha value is -0.810. The van der Waals surface area contributed by atoms with Crippen molar-refractivity contribution in [3.8, 4) is 0 Å². The zero-order valence-electron chi connectivity index (χ0n) is 8.19. The Balaban J connectivity index is 2.31. The maximum absolute atomic E-state index is 11.4. The monoisotopic (exact) mass is 187 g/mol. The highest BCUT2D eigenvalue weighted by Gasteiger charge is 2.20. The van der Waals surface area contributed by atoms with Crippen molar-refractivity contribution in [1.29, 1.82) is 0 Å². The molecule has 0 radical (unpaired) electrons. The summed E-state index contributed by atoms with van der Waals surface area (Å²) >= 11 is 0. The first kappa shape index (κ1) is 10.3. The summed E-state index contributed by atoms with van der Waals surface area (Å²) in [5.74, 6) is 5.55. The van der Waals surface area contributed by atoms with E-state index in [4.69, 9.17) is 10.6 Å². The van der Waals surface area contributed by atoms with E-state index in [9.17, 15) is 4.79 Å². The topological polar surface area (TPSA) is 58.8 Å². The van der Waals surface area contributed by atoms with E-state index in [-0.39, 0.29) is 12.2 Å². The molecule has 2 N–H and O–H groups in total. The first-order valence-electron chi connectivity index (χ1n) is 4.55. The van der Waals surface area contributed by atoms with E-state index in [0.29, 0.717) is 26.2 Å². The standard InChI is InChI=1S/C8H17N3O2/c1-7(2)13-8(12)10-3-5-11(9)6-4-10/h7H,3-6,9H2,1-2H3. The van der Waals surface area contributed by atoms with Crippen molar-refractivity contribution in [3.63, 3.8) is 0 Å². The zero-order valence-corrected chi connectivity index (χ0v) is 8.19. The van der Waals surface area contributed by atoms with E-state index in [1.165, 1.54) is 0 Å². The van der Waals surface area contributed by atoms with E-state index < -0.39 is 0 Å². The van der Waals surface area contributed by atoms with Gasteiger partial charge in [-0.1, -0.05) is 0 Å². The molecule has 1 saturated heterocycles. The summed E-state index contributed by atoms with van der Waals surface area (Å²) in [5, 5.41) is 1.71. The zero-order chi connectivity index (χ0) is 9.84. The molecule has 1 aliphatic heterocycles. The Kier molecular flexibility index (Phi) is 3.50. The molecule has 0 saturated carbocycles. The van der Waals surface area contributed by atoms with Gasteiger partial charge in [-0.25, -0.2) is 9.80 Å². The molecule has 5 heteroatoms. The van der Waals surface area contributed by atoms with Crippen molar-refractivity contribution in [1.82, 2.24) is 9.91 Å². The number of carbonyl (C=O) groups is 1. The number of amides is 1. The molecule has 0 aromatic heterocycles. The van der Waals surface area contributed by atoms with Gasteiger partial charge in [0.25, 0.3) is 0 Å². The molecule has 1 heterocycles. The van der Waals surface area contributed by atoms with Crippen LogP contribution in [-0.4, -0.2) is 48.3 Å². The number of hydrogen-bond acceptors (Lipinski definition) is 4. The lowest BCUT2D eigenvalue weighted by atomic mass is 10.4. The van der Waals surface area contributed by atoms with Crippen LogP contribution in [0.3, 0.4) is 0 Å². The summed E-state index contributed by atoms with van der Waals surface area (Å²) in [4.78, 5) is 13.0. The van der Waals surface area contributed by atoms with Crippen LogP contribution in [0.25, 0.3) is 0 Å². The van der Waals surface area contributed by atoms with Crippen LogP contribution in [0.15, 0.2) is 0 Å². The Morgan fingerprint density at radius 2 is 1.85 bits per heavy atom. The van der Waals surface area contributed by atoms with Gasteiger partial charge in [-0.05, 0) is 13.8 Å². The highest BCUT2D eigenvalue weighted by Crippen LogP contribution is 2.02. The molecule has 1 rings (SSSR count). The minimum absolute atomic E-state index is 0.0524. The van der Waals surface area contributed by atoms with Crippen LogP contribution >= 0.6 is 0 Å². The molecular weight excluding hydrogens is 170 g/mol. The highest BCUT2D eigenvalue weighted by atomic mass is 16.6. The summed E-state index contributed by atoms with van der Waals surface area (Å²) < 4.78 is 5.05. The van der Waals surface area contributed by atoms with Crippen molar-refractivity contribution in [2.24, 2.45) is 5.84 Å². The number of piperazine rings is 1. The Morgan fingerprint density at radius 3 is 2.31 bits per heavy atom. The second kappa shape index (κ2) is 4.43. The fraction of sp³-hybridized carbons (Fsp3) is 0.875. The third-order valence-corrected chi connectivity index (χ3v) is 1.91. The highest BCUT2D eigenvalue weighted by molar-refractivity contribution is 5.67. The second-order valence-corrected chi connectivity index (χ2v) is 3.46. The fourth-order valence-electron chi connectivity index (χ4n) is 1.18. The minimum atomic E-state index is -0.233. The number of rotatable bonds is 1. The van der Waals surface area contributed by atoms with Crippen molar-refractivity contribution in [2.45, 2.75) is 20.0 Å². The van der Waals surface area contributed by atoms with Gasteiger partial charge in [0.05, 0.1) is 6.10 Å². The minimum Gasteiger partial charge on any atom is -0.447 e. The summed E-state index contributed by atoms with van der Waals surface area (Å²) in [6.07, 6.45) is -0.286. The van der Waals surface area contributed by atoms with Crippen LogP contribution in [0.2, 0.25) is 0 Å². The molecule has 0 unspecified atom stereocenters. The smallest absolute Gasteiger partial charge is 0.410 e. The molecule has 0 atom stereocenters. The van der Waals surface area contributed by atoms with Gasteiger partial charge >= 0.3 is 6.09 Å². The largest absolute Gasteiger partial charge is 0.447 e. The van der Waals surface area contributed by atoms with Crippen LogP contribution in [-0.2, 0) is 4.74 Å². The van der Waals surface area contributed by atoms with E-state index in [1.54, 1.807) is 9.91 Å². The third kappa shape index (κ3) is 3.20. The van der Waals surface area contributed by atoms with Gasteiger partial charge in [-0.2, -0.15) is 0 Å². The van der Waals surface area contributed by atoms with Gasteiger partial charge in [0.1, 0.15) is 0 Å². The van der Waals surface area contributed by atoms with Gasteiger partial charge in [0.15, 0.2) is 0 Å². The van der Waals surface area contributed by atoms with Crippen LogP contribution < -0.4 is 5.84 Å². The SMILES string of the molecule is CC(C)OC(=O)N1CCN(N)CC1. The van der Waals surface area contributed by atoms with Crippen molar-refractivity contribution < 1.29 is 9.53 Å². The van der Waals surface area contributed by atoms with E-state index in [0.717, 1.165) is 0 Å². The second-order valence-electron chi connectivity index (χ2n) is 3.46. The Bertz CT molecular complexity index is 176. The lowest BCUT2D eigenvalue weighted by Gasteiger charge is -2.31. The number of nitrogens with zero attached hydrogens (tertiary/aromatic N) is 2. The molecule has 0 aliphatic carbocycles. The molecular formula is C8H17N3O2. The molecule has 13 heavy (non-hydrogen) atoms. The van der Waals surface area contributed by atoms with Crippen molar-refractivity contribution in [2.75, 3.05) is 26.2 Å². The maximum atomic E-state index is 11.4. The third-order valence-electron chi connectivity index (χ3n) is 1.91. The van der Waals surface area contributed by atoms with Crippen molar-refractivity contribution in [3.05, 3.63) is 0 Å². The number of hydrazine groups is 1. The first-order chi connectivity index (χ1) is 6.09. The molecule has 0 bridgehead atoms. The Morgan fingerprint density at radius 1 is 1.31 bits per heavy atom. The first-order valence-corrected chi connectivity index (χ1v) is 4.55. The van der Waals surface area contributed by atoms with Gasteiger partial charge in [-0.3, -0.25) is 5.84 Å². The quantitative estimate of drug-likeness (QED) is 0.588. The molecule has 0 spiro atoms. The maximum Gasteiger partial charge on any atom is 0.410 e. The van der Waals surface area contributed by atoms with Gasteiger partial charge in [-0.15, -0.1) is 0 Å². The molecule has 76 valence electrons. The number of ether oxygens (including phenoxy) is 1. The number of carbonyl (C=O) groups excluding carboxylic acids is 1. The fourth-order valence-corrected chi connectivity index (χ4v) is 1.18. The van der Waals surface area contributed by atoms with Crippen LogP contribution in [0.4, 0.5) is 4.79 Å². The molecule has 0 aromatic carbocycles. The Labute approximate surface area is 78.4 Å².